The van der Waals surface area contributed by atoms with E-state index in [1.165, 1.54) is 25.7 Å². The maximum absolute atomic E-state index is 12.6. The highest BCUT2D eigenvalue weighted by molar-refractivity contribution is 7.99. The van der Waals surface area contributed by atoms with Crippen LogP contribution in [0, 0.1) is 23.7 Å². The van der Waals surface area contributed by atoms with Gasteiger partial charge in [-0.05, 0) is 56.3 Å². The lowest BCUT2D eigenvalue weighted by molar-refractivity contribution is -0.209. The molecule has 0 aromatic carbocycles. The van der Waals surface area contributed by atoms with Gasteiger partial charge in [-0.15, -0.1) is 0 Å². The van der Waals surface area contributed by atoms with Gasteiger partial charge in [-0.25, -0.2) is 0 Å². The number of esters is 1. The number of nitrogens with zero attached hydrogens (tertiary/aromatic N) is 1. The Balaban J connectivity index is 1.44. The van der Waals surface area contributed by atoms with E-state index < -0.39 is 0 Å². The summed E-state index contributed by atoms with van der Waals surface area (Å²) in [7, 11) is 0. The van der Waals surface area contributed by atoms with Crippen LogP contribution in [0.4, 0.5) is 0 Å². The van der Waals surface area contributed by atoms with Crippen molar-refractivity contribution < 1.29 is 9.53 Å². The summed E-state index contributed by atoms with van der Waals surface area (Å²) in [5.74, 6) is 5.48. The van der Waals surface area contributed by atoms with Gasteiger partial charge in [-0.3, -0.25) is 9.69 Å². The van der Waals surface area contributed by atoms with Crippen LogP contribution in [-0.4, -0.2) is 47.6 Å². The van der Waals surface area contributed by atoms with Gasteiger partial charge in [-0.2, -0.15) is 11.8 Å². The number of rotatable bonds is 4. The zero-order chi connectivity index (χ0) is 15.2. The molecule has 3 atom stereocenters. The number of hydrogen-bond acceptors (Lipinski definition) is 4. The predicted octanol–water partition coefficient (Wildman–Crippen LogP) is 3.18. The zero-order valence-corrected chi connectivity index (χ0v) is 14.6. The fourth-order valence-corrected chi connectivity index (χ4v) is 7.12. The first-order valence-corrected chi connectivity index (χ1v) is 10.4. The number of hydrogen-bond donors (Lipinski definition) is 0. The third-order valence-corrected chi connectivity index (χ3v) is 7.61. The molecule has 1 aliphatic heterocycles. The molecule has 3 unspecified atom stereocenters. The van der Waals surface area contributed by atoms with Gasteiger partial charge < -0.3 is 4.74 Å². The molecule has 4 bridgehead atoms. The first kappa shape index (κ1) is 15.3. The SMILES string of the molecule is CCC1C2CC3CC(C2)CC1(OC(=O)CN1CCSCC1)C3. The van der Waals surface area contributed by atoms with E-state index in [-0.39, 0.29) is 11.6 Å². The Bertz CT molecular complexity index is 421. The Morgan fingerprint density at radius 3 is 2.50 bits per heavy atom. The maximum atomic E-state index is 12.6. The first-order valence-electron chi connectivity index (χ1n) is 9.20. The number of ether oxygens (including phenoxy) is 1. The van der Waals surface area contributed by atoms with Crippen LogP contribution in [0.3, 0.4) is 0 Å². The summed E-state index contributed by atoms with van der Waals surface area (Å²) in [5.41, 5.74) is -0.0921. The van der Waals surface area contributed by atoms with Gasteiger partial charge in [-0.1, -0.05) is 6.92 Å². The van der Waals surface area contributed by atoms with Crippen molar-refractivity contribution in [2.75, 3.05) is 31.1 Å². The van der Waals surface area contributed by atoms with E-state index in [0.717, 1.165) is 55.2 Å². The van der Waals surface area contributed by atoms with Crippen LogP contribution in [0.25, 0.3) is 0 Å². The van der Waals surface area contributed by atoms with Crippen molar-refractivity contribution in [3.05, 3.63) is 0 Å². The van der Waals surface area contributed by atoms with E-state index in [1.54, 1.807) is 0 Å². The second-order valence-electron chi connectivity index (χ2n) is 8.05. The minimum atomic E-state index is -0.0921. The molecule has 5 aliphatic rings. The summed E-state index contributed by atoms with van der Waals surface area (Å²) in [6.45, 7) is 4.89. The Kier molecular flexibility index (Phi) is 4.18. The summed E-state index contributed by atoms with van der Waals surface area (Å²) < 4.78 is 6.27. The van der Waals surface area contributed by atoms with Crippen LogP contribution in [-0.2, 0) is 9.53 Å². The summed E-state index contributed by atoms with van der Waals surface area (Å²) in [6, 6.07) is 0. The van der Waals surface area contributed by atoms with Crippen molar-refractivity contribution in [2.24, 2.45) is 23.7 Å². The van der Waals surface area contributed by atoms with Crippen LogP contribution in [0.15, 0.2) is 0 Å². The monoisotopic (exact) mass is 323 g/mol. The average Bonchev–Trinajstić information content (AvgIpc) is 2.46. The molecule has 0 amide bonds. The number of carbonyl (C=O) groups excluding carboxylic acids is 1. The van der Waals surface area contributed by atoms with E-state index in [4.69, 9.17) is 4.74 Å². The van der Waals surface area contributed by atoms with Gasteiger partial charge in [0, 0.05) is 30.5 Å². The van der Waals surface area contributed by atoms with Crippen molar-refractivity contribution in [2.45, 2.75) is 51.0 Å². The Morgan fingerprint density at radius 1 is 1.18 bits per heavy atom. The molecule has 3 nitrogen and oxygen atoms in total. The molecular weight excluding hydrogens is 294 g/mol. The van der Waals surface area contributed by atoms with Crippen LogP contribution >= 0.6 is 11.8 Å². The third-order valence-electron chi connectivity index (χ3n) is 6.67. The third kappa shape index (κ3) is 2.71. The topological polar surface area (TPSA) is 29.5 Å². The van der Waals surface area contributed by atoms with Gasteiger partial charge in [0.25, 0.3) is 0 Å². The standard InChI is InChI=1S/C18H29NO2S/c1-2-16-15-8-13-7-14(9-15)11-18(16,10-13)21-17(20)12-19-3-5-22-6-4-19/h13-16H,2-12H2,1H3. The molecule has 124 valence electrons. The van der Waals surface area contributed by atoms with Crippen molar-refractivity contribution in [3.63, 3.8) is 0 Å². The normalized spacial score (nSPS) is 44.2. The molecule has 22 heavy (non-hydrogen) atoms. The minimum absolute atomic E-state index is 0.0484. The molecule has 4 saturated carbocycles. The molecule has 0 N–H and O–H groups in total. The van der Waals surface area contributed by atoms with Crippen LogP contribution in [0.1, 0.15) is 45.4 Å². The Labute approximate surface area is 138 Å². The second kappa shape index (κ2) is 6.01. The van der Waals surface area contributed by atoms with Gasteiger partial charge in [0.1, 0.15) is 5.60 Å². The van der Waals surface area contributed by atoms with E-state index in [2.05, 4.69) is 11.8 Å². The Hall–Kier alpha value is -0.220. The van der Waals surface area contributed by atoms with E-state index in [1.807, 2.05) is 11.8 Å². The van der Waals surface area contributed by atoms with Crippen LogP contribution in [0.2, 0.25) is 0 Å². The molecule has 0 aromatic rings. The largest absolute Gasteiger partial charge is 0.458 e. The van der Waals surface area contributed by atoms with E-state index in [0.29, 0.717) is 12.5 Å². The highest BCUT2D eigenvalue weighted by atomic mass is 32.2. The lowest BCUT2D eigenvalue weighted by Crippen LogP contribution is -2.59. The number of thioether (sulfide) groups is 1. The van der Waals surface area contributed by atoms with Gasteiger partial charge in [0.05, 0.1) is 6.54 Å². The minimum Gasteiger partial charge on any atom is -0.458 e. The molecule has 5 rings (SSSR count). The summed E-state index contributed by atoms with van der Waals surface area (Å²) in [6.07, 6.45) is 7.68. The molecule has 0 radical (unpaired) electrons. The maximum Gasteiger partial charge on any atom is 0.320 e. The van der Waals surface area contributed by atoms with Crippen molar-refractivity contribution >= 4 is 17.7 Å². The molecule has 0 aromatic heterocycles. The molecular formula is C18H29NO2S. The first-order chi connectivity index (χ1) is 10.7. The van der Waals surface area contributed by atoms with Crippen molar-refractivity contribution in [1.29, 1.82) is 0 Å². The van der Waals surface area contributed by atoms with Gasteiger partial charge in [0.2, 0.25) is 0 Å². The lowest BCUT2D eigenvalue weighted by atomic mass is 9.49. The highest BCUT2D eigenvalue weighted by Gasteiger charge is 2.58. The van der Waals surface area contributed by atoms with Crippen LogP contribution in [0.5, 0.6) is 0 Å². The smallest absolute Gasteiger partial charge is 0.320 e. The zero-order valence-electron chi connectivity index (χ0n) is 13.8. The molecule has 4 aliphatic carbocycles. The van der Waals surface area contributed by atoms with Gasteiger partial charge in [0.15, 0.2) is 0 Å². The lowest BCUT2D eigenvalue weighted by Gasteiger charge is -2.60. The Morgan fingerprint density at radius 2 is 1.86 bits per heavy atom. The summed E-state index contributed by atoms with van der Waals surface area (Å²) in [4.78, 5) is 14.9. The second-order valence-corrected chi connectivity index (χ2v) is 9.27. The molecule has 4 heteroatoms. The van der Waals surface area contributed by atoms with Crippen molar-refractivity contribution in [1.82, 2.24) is 4.90 Å². The average molecular weight is 324 g/mol. The summed E-state index contributed by atoms with van der Waals surface area (Å²) in [5, 5.41) is 0. The van der Waals surface area contributed by atoms with E-state index >= 15 is 0 Å². The van der Waals surface area contributed by atoms with Crippen LogP contribution < -0.4 is 0 Å². The molecule has 5 fully saturated rings. The fourth-order valence-electron chi connectivity index (χ4n) is 6.14. The fraction of sp³-hybridized carbons (Fsp3) is 0.944. The van der Waals surface area contributed by atoms with Crippen molar-refractivity contribution in [3.8, 4) is 0 Å². The predicted molar refractivity (Wildman–Crippen MR) is 89.9 cm³/mol. The number of carbonyl (C=O) groups is 1. The molecule has 1 heterocycles. The quantitative estimate of drug-likeness (QED) is 0.743. The molecule has 0 spiro atoms. The molecule has 1 saturated heterocycles. The summed E-state index contributed by atoms with van der Waals surface area (Å²) >= 11 is 1.99. The van der Waals surface area contributed by atoms with Gasteiger partial charge >= 0.3 is 5.97 Å². The highest BCUT2D eigenvalue weighted by Crippen LogP contribution is 2.60. The van der Waals surface area contributed by atoms with E-state index in [9.17, 15) is 4.79 Å².